The Morgan fingerprint density at radius 1 is 0.980 bits per heavy atom. The summed E-state index contributed by atoms with van der Waals surface area (Å²) in [7, 11) is -7.83. The van der Waals surface area contributed by atoms with Crippen LogP contribution in [0, 0.1) is 39.6 Å². The van der Waals surface area contributed by atoms with Gasteiger partial charge in [-0.25, -0.2) is 45.0 Å². The molecule has 4 aromatic rings. The maximum Gasteiger partial charge on any atom is 0.267 e. The van der Waals surface area contributed by atoms with E-state index in [-0.39, 0.29) is 46.3 Å². The number of thiazole rings is 1. The summed E-state index contributed by atoms with van der Waals surface area (Å²) >= 11 is 1.30. The van der Waals surface area contributed by atoms with Gasteiger partial charge in [-0.3, -0.25) is 4.72 Å². The number of sulfone groups is 1. The summed E-state index contributed by atoms with van der Waals surface area (Å²) in [6.07, 6.45) is 5.96. The van der Waals surface area contributed by atoms with Crippen molar-refractivity contribution in [2.75, 3.05) is 26.4 Å². The van der Waals surface area contributed by atoms with Gasteiger partial charge in [0.25, 0.3) is 10.0 Å². The Labute approximate surface area is 296 Å². The quantitative estimate of drug-likeness (QED) is 0.214. The second-order valence-corrected chi connectivity index (χ2v) is 19.1. The molecule has 51 heavy (non-hydrogen) atoms. The van der Waals surface area contributed by atoms with Crippen molar-refractivity contribution in [2.24, 2.45) is 10.8 Å². The van der Waals surface area contributed by atoms with Crippen LogP contribution in [-0.2, 0) is 19.9 Å². The van der Waals surface area contributed by atoms with E-state index in [1.807, 2.05) is 11.6 Å². The third-order valence-corrected chi connectivity index (χ3v) is 15.0. The van der Waals surface area contributed by atoms with Gasteiger partial charge in [0.15, 0.2) is 25.7 Å². The van der Waals surface area contributed by atoms with E-state index in [0.717, 1.165) is 37.1 Å². The smallest absolute Gasteiger partial charge is 0.267 e. The van der Waals surface area contributed by atoms with Crippen molar-refractivity contribution in [3.05, 3.63) is 66.1 Å². The van der Waals surface area contributed by atoms with Crippen LogP contribution in [0.1, 0.15) is 45.4 Å². The summed E-state index contributed by atoms with van der Waals surface area (Å²) in [6, 6.07) is 10.8. The van der Waals surface area contributed by atoms with Gasteiger partial charge in [-0.05, 0) is 75.8 Å². The Morgan fingerprint density at radius 3 is 2.29 bits per heavy atom. The number of piperidine rings is 1. The van der Waals surface area contributed by atoms with Crippen LogP contribution < -0.4 is 14.9 Å². The molecule has 0 radical (unpaired) electrons. The average molecular weight is 756 g/mol. The van der Waals surface area contributed by atoms with Crippen molar-refractivity contribution in [1.29, 1.82) is 5.26 Å². The van der Waals surface area contributed by atoms with Gasteiger partial charge in [0, 0.05) is 35.3 Å². The molecule has 3 saturated heterocycles. The van der Waals surface area contributed by atoms with Gasteiger partial charge in [0.05, 0.1) is 44.9 Å². The number of halogens is 3. The van der Waals surface area contributed by atoms with Crippen molar-refractivity contribution >= 4 is 48.0 Å². The molecule has 2 atom stereocenters. The summed E-state index contributed by atoms with van der Waals surface area (Å²) in [5.41, 5.74) is -0.640. The molecule has 4 fully saturated rings. The third-order valence-electron chi connectivity index (χ3n) is 10.4. The van der Waals surface area contributed by atoms with Gasteiger partial charge >= 0.3 is 0 Å². The molecule has 266 valence electrons. The fraction of sp³-hybridized carbons (Fsp3) is 0.412. The van der Waals surface area contributed by atoms with Crippen molar-refractivity contribution in [1.82, 2.24) is 15.0 Å². The lowest BCUT2D eigenvalue weighted by Crippen LogP contribution is -2.60. The Balaban J connectivity index is 1.16. The summed E-state index contributed by atoms with van der Waals surface area (Å²) in [5, 5.41) is 13.8. The first kappa shape index (κ1) is 33.9. The molecule has 2 unspecified atom stereocenters. The predicted octanol–water partition coefficient (Wildman–Crippen LogP) is 6.14. The lowest BCUT2D eigenvalue weighted by molar-refractivity contribution is 0.153. The molecule has 1 aliphatic carbocycles. The topological polar surface area (TPSA) is 158 Å². The summed E-state index contributed by atoms with van der Waals surface area (Å²) in [5.74, 6) is -2.96. The van der Waals surface area contributed by atoms with E-state index in [4.69, 9.17) is 9.97 Å². The molecule has 1 saturated carbocycles. The highest BCUT2D eigenvalue weighted by Crippen LogP contribution is 2.52. The second kappa shape index (κ2) is 11.9. The Hall–Kier alpha value is -4.27. The number of nitrogens with one attached hydrogen (secondary N) is 2. The molecule has 0 amide bonds. The maximum absolute atomic E-state index is 16.4. The number of hydrogen-bond acceptors (Lipinski definition) is 11. The van der Waals surface area contributed by atoms with Gasteiger partial charge in [-0.15, -0.1) is 0 Å². The maximum atomic E-state index is 16.4. The van der Waals surface area contributed by atoms with Crippen LogP contribution in [0.3, 0.4) is 0 Å². The zero-order valence-corrected chi connectivity index (χ0v) is 29.7. The van der Waals surface area contributed by atoms with E-state index in [9.17, 15) is 30.9 Å². The van der Waals surface area contributed by atoms with Crippen molar-refractivity contribution in [3.63, 3.8) is 0 Å². The van der Waals surface area contributed by atoms with E-state index >= 15 is 4.39 Å². The lowest BCUT2D eigenvalue weighted by Gasteiger charge is -2.53. The van der Waals surface area contributed by atoms with Crippen LogP contribution in [0.15, 0.2) is 53.6 Å². The highest BCUT2D eigenvalue weighted by Gasteiger charge is 2.56. The SMILES string of the molecule is CC1(C#N)CC2CCC(C1)N2c1nc(-c2cccc(NS(=O)(=O)c3c(F)cccc3F)c2F)c(-c2ccnc(NC3CC4(C3)CS(=O)(=O)C4)n2)s1. The second-order valence-electron chi connectivity index (χ2n) is 14.4. The molecule has 5 heterocycles. The van der Waals surface area contributed by atoms with Gasteiger partial charge in [-0.2, -0.15) is 5.26 Å². The number of hydrogen-bond donors (Lipinski definition) is 2. The number of nitriles is 1. The van der Waals surface area contributed by atoms with Crippen molar-refractivity contribution in [2.45, 2.75) is 68.5 Å². The van der Waals surface area contributed by atoms with Crippen LogP contribution in [0.25, 0.3) is 21.8 Å². The highest BCUT2D eigenvalue weighted by molar-refractivity contribution is 7.93. The number of sulfonamides is 1. The summed E-state index contributed by atoms with van der Waals surface area (Å²) in [4.78, 5) is 15.5. The molecular weight excluding hydrogens is 724 g/mol. The van der Waals surface area contributed by atoms with Crippen LogP contribution in [0.5, 0.6) is 0 Å². The number of rotatable bonds is 8. The third kappa shape index (κ3) is 6.00. The minimum Gasteiger partial charge on any atom is -0.351 e. The Kier molecular flexibility index (Phi) is 7.89. The highest BCUT2D eigenvalue weighted by atomic mass is 32.2. The Morgan fingerprint density at radius 2 is 1.65 bits per heavy atom. The van der Waals surface area contributed by atoms with Crippen LogP contribution in [0.4, 0.5) is 29.9 Å². The summed E-state index contributed by atoms with van der Waals surface area (Å²) in [6.45, 7) is 1.97. The van der Waals surface area contributed by atoms with E-state index in [0.29, 0.717) is 47.3 Å². The normalized spacial score (nSPS) is 24.8. The number of anilines is 3. The fourth-order valence-corrected chi connectivity index (χ4v) is 13.0. The predicted molar refractivity (Wildman–Crippen MR) is 186 cm³/mol. The first-order valence-electron chi connectivity index (χ1n) is 16.4. The standard InChI is InChI=1S/C34H32F3N7O4S3/c1-33(16-38)14-20-8-9-21(15-33)44(20)32-42-28(22-4-2-7-25(27(22)37)43-51(47,48)30-23(35)5-3-6-24(30)36)29(49-32)26-10-11-39-31(41-26)40-19-12-34(13-19)17-50(45,46)18-34/h2-7,10-11,19-21,43H,8-9,12-15,17-18H2,1H3,(H,39,40,41). The zero-order chi connectivity index (χ0) is 35.9. The zero-order valence-electron chi connectivity index (χ0n) is 27.2. The molecule has 8 rings (SSSR count). The number of fused-ring (bicyclic) bond motifs is 2. The number of aromatic nitrogens is 3. The molecule has 2 N–H and O–H groups in total. The molecule has 17 heteroatoms. The summed E-state index contributed by atoms with van der Waals surface area (Å²) < 4.78 is 97.1. The molecule has 3 aliphatic heterocycles. The van der Waals surface area contributed by atoms with Gasteiger partial charge in [-0.1, -0.05) is 23.5 Å². The molecule has 2 bridgehead atoms. The monoisotopic (exact) mass is 755 g/mol. The molecular formula is C34H32F3N7O4S3. The van der Waals surface area contributed by atoms with Gasteiger partial charge in [0.2, 0.25) is 5.95 Å². The van der Waals surface area contributed by atoms with E-state index in [2.05, 4.69) is 21.3 Å². The minimum atomic E-state index is -4.87. The number of nitrogens with zero attached hydrogens (tertiary/aromatic N) is 5. The van der Waals surface area contributed by atoms with E-state index < -0.39 is 53.3 Å². The number of benzene rings is 2. The lowest BCUT2D eigenvalue weighted by atomic mass is 9.67. The molecule has 2 aromatic heterocycles. The van der Waals surface area contributed by atoms with E-state index in [1.165, 1.54) is 23.5 Å². The largest absolute Gasteiger partial charge is 0.351 e. The Bertz CT molecular complexity index is 2290. The molecule has 11 nitrogen and oxygen atoms in total. The van der Waals surface area contributed by atoms with Crippen molar-refractivity contribution < 1.29 is 30.0 Å². The van der Waals surface area contributed by atoms with Gasteiger partial charge in [0.1, 0.15) is 11.6 Å². The first-order valence-corrected chi connectivity index (χ1v) is 20.6. The van der Waals surface area contributed by atoms with Crippen LogP contribution in [-0.4, -0.2) is 61.4 Å². The van der Waals surface area contributed by atoms with E-state index in [1.54, 1.807) is 12.3 Å². The van der Waals surface area contributed by atoms with Crippen LogP contribution >= 0.6 is 11.3 Å². The van der Waals surface area contributed by atoms with Crippen molar-refractivity contribution in [3.8, 4) is 27.9 Å². The molecule has 1 spiro atoms. The fourth-order valence-electron chi connectivity index (χ4n) is 8.34. The average Bonchev–Trinajstić information content (AvgIpc) is 3.59. The van der Waals surface area contributed by atoms with Gasteiger partial charge < -0.3 is 10.2 Å². The first-order chi connectivity index (χ1) is 24.2. The molecule has 4 aliphatic rings. The van der Waals surface area contributed by atoms with Crippen LogP contribution in [0.2, 0.25) is 0 Å². The molecule has 2 aromatic carbocycles. The minimum absolute atomic E-state index is 0.00732.